The lowest BCUT2D eigenvalue weighted by Crippen LogP contribution is -2.24. The number of carbonyl (C=O) groups is 2. The van der Waals surface area contributed by atoms with E-state index in [1.54, 1.807) is 16.8 Å². The van der Waals surface area contributed by atoms with Crippen LogP contribution in [-0.4, -0.2) is 49.2 Å². The Morgan fingerprint density at radius 1 is 1.00 bits per heavy atom. The largest absolute Gasteiger partial charge is 0.481 e. The summed E-state index contributed by atoms with van der Waals surface area (Å²) in [5.74, 6) is -1.97. The second-order valence-electron chi connectivity index (χ2n) is 9.78. The molecule has 204 valence electrons. The Morgan fingerprint density at radius 3 is 2.21 bits per heavy atom. The number of aromatic nitrogens is 2. The molecule has 0 saturated carbocycles. The van der Waals surface area contributed by atoms with Gasteiger partial charge in [0.25, 0.3) is 5.91 Å². The van der Waals surface area contributed by atoms with Crippen molar-refractivity contribution in [3.05, 3.63) is 82.4 Å². The molecule has 3 aromatic rings. The van der Waals surface area contributed by atoms with Crippen molar-refractivity contribution in [1.82, 2.24) is 15.1 Å². The molecule has 2 aromatic carbocycles. The third kappa shape index (κ3) is 7.72. The third-order valence-electron chi connectivity index (χ3n) is 6.44. The summed E-state index contributed by atoms with van der Waals surface area (Å²) in [6.45, 7) is 6.31. The van der Waals surface area contributed by atoms with Gasteiger partial charge in [0.05, 0.1) is 24.3 Å². The number of hydrogen-bond donors (Lipinski definition) is 4. The van der Waals surface area contributed by atoms with E-state index in [0.717, 1.165) is 12.0 Å². The maximum atomic E-state index is 13.6. The third-order valence-corrected chi connectivity index (χ3v) is 6.44. The number of carboxylic acids is 1. The number of aliphatic hydroxyl groups is 2. The van der Waals surface area contributed by atoms with Crippen molar-refractivity contribution in [3.63, 3.8) is 0 Å². The van der Waals surface area contributed by atoms with Crippen LogP contribution in [0.25, 0.3) is 5.69 Å². The fourth-order valence-corrected chi connectivity index (χ4v) is 4.45. The van der Waals surface area contributed by atoms with Crippen molar-refractivity contribution < 1.29 is 29.3 Å². The molecule has 0 radical (unpaired) electrons. The number of rotatable bonds is 13. The van der Waals surface area contributed by atoms with Crippen LogP contribution in [-0.2, 0) is 24.2 Å². The number of amides is 1. The van der Waals surface area contributed by atoms with E-state index in [-0.39, 0.29) is 30.4 Å². The lowest BCUT2D eigenvalue weighted by atomic mass is 9.95. The van der Waals surface area contributed by atoms with Gasteiger partial charge in [0.15, 0.2) is 5.69 Å². The van der Waals surface area contributed by atoms with Gasteiger partial charge in [-0.25, -0.2) is 9.07 Å². The van der Waals surface area contributed by atoms with Crippen molar-refractivity contribution >= 4 is 11.9 Å². The molecule has 1 amide bonds. The minimum atomic E-state index is -1.16. The van der Waals surface area contributed by atoms with Gasteiger partial charge in [-0.05, 0) is 67.0 Å². The smallest absolute Gasteiger partial charge is 0.305 e. The van der Waals surface area contributed by atoms with Crippen LogP contribution in [0.3, 0.4) is 0 Å². The van der Waals surface area contributed by atoms with E-state index in [0.29, 0.717) is 29.9 Å². The number of nitrogens with one attached hydrogen (secondary N) is 1. The van der Waals surface area contributed by atoms with Crippen LogP contribution in [0.15, 0.2) is 48.5 Å². The number of aliphatic hydroxyl groups excluding tert-OH is 2. The number of carboxylic acid groups (broad SMARTS) is 1. The van der Waals surface area contributed by atoms with Crippen molar-refractivity contribution in [2.75, 3.05) is 0 Å². The molecule has 3 rings (SSSR count). The zero-order chi connectivity index (χ0) is 27.8. The Bertz CT molecular complexity index is 1220. The van der Waals surface area contributed by atoms with Crippen LogP contribution in [0.4, 0.5) is 4.39 Å². The lowest BCUT2D eigenvalue weighted by molar-refractivity contribution is -0.139. The van der Waals surface area contributed by atoms with Gasteiger partial charge in [-0.2, -0.15) is 5.10 Å². The molecule has 8 nitrogen and oxygen atoms in total. The molecular formula is C29H36FN3O5. The van der Waals surface area contributed by atoms with Crippen LogP contribution in [0.5, 0.6) is 0 Å². The molecule has 38 heavy (non-hydrogen) atoms. The minimum absolute atomic E-state index is 0.0847. The second kappa shape index (κ2) is 13.3. The van der Waals surface area contributed by atoms with Gasteiger partial charge >= 0.3 is 5.97 Å². The van der Waals surface area contributed by atoms with Crippen molar-refractivity contribution in [3.8, 4) is 5.69 Å². The summed E-state index contributed by atoms with van der Waals surface area (Å²) in [4.78, 5) is 24.2. The van der Waals surface area contributed by atoms with E-state index < -0.39 is 30.4 Å². The Labute approximate surface area is 222 Å². The van der Waals surface area contributed by atoms with Gasteiger partial charge in [0.2, 0.25) is 0 Å². The highest BCUT2D eigenvalue weighted by atomic mass is 19.1. The molecule has 0 bridgehead atoms. The van der Waals surface area contributed by atoms with E-state index >= 15 is 0 Å². The van der Waals surface area contributed by atoms with Crippen molar-refractivity contribution in [1.29, 1.82) is 0 Å². The average Bonchev–Trinajstić information content (AvgIpc) is 3.26. The Morgan fingerprint density at radius 2 is 1.63 bits per heavy atom. The molecule has 0 unspecified atom stereocenters. The monoisotopic (exact) mass is 525 g/mol. The summed E-state index contributed by atoms with van der Waals surface area (Å²) >= 11 is 0. The first-order valence-corrected chi connectivity index (χ1v) is 12.9. The minimum Gasteiger partial charge on any atom is -0.481 e. The zero-order valence-corrected chi connectivity index (χ0v) is 22.0. The molecule has 0 fully saturated rings. The van der Waals surface area contributed by atoms with Crippen LogP contribution < -0.4 is 5.32 Å². The predicted molar refractivity (Wildman–Crippen MR) is 142 cm³/mol. The van der Waals surface area contributed by atoms with Gasteiger partial charge < -0.3 is 20.6 Å². The predicted octanol–water partition coefficient (Wildman–Crippen LogP) is 4.15. The van der Waals surface area contributed by atoms with Gasteiger partial charge in [-0.1, -0.05) is 45.0 Å². The Balaban J connectivity index is 1.88. The number of aryl methyl sites for hydroxylation is 1. The van der Waals surface area contributed by atoms with Gasteiger partial charge in [-0.3, -0.25) is 9.59 Å². The van der Waals surface area contributed by atoms with E-state index in [2.05, 4.69) is 17.3 Å². The Kier molecular flexibility index (Phi) is 10.2. The first-order valence-electron chi connectivity index (χ1n) is 12.9. The van der Waals surface area contributed by atoms with Crippen LogP contribution in [0.1, 0.15) is 78.8 Å². The van der Waals surface area contributed by atoms with E-state index in [9.17, 15) is 24.2 Å². The molecule has 0 spiro atoms. The molecule has 1 aromatic heterocycles. The van der Waals surface area contributed by atoms with Crippen molar-refractivity contribution in [2.45, 2.75) is 77.5 Å². The Hall–Kier alpha value is -3.56. The second-order valence-corrected chi connectivity index (χ2v) is 9.78. The zero-order valence-electron chi connectivity index (χ0n) is 22.0. The summed E-state index contributed by atoms with van der Waals surface area (Å²) in [5.41, 5.74) is 4.40. The molecule has 0 aliphatic rings. The van der Waals surface area contributed by atoms with E-state index in [1.165, 1.54) is 17.7 Å². The number of benzene rings is 2. The summed E-state index contributed by atoms with van der Waals surface area (Å²) in [7, 11) is 0. The molecule has 0 aliphatic heterocycles. The van der Waals surface area contributed by atoms with Gasteiger partial charge in [-0.15, -0.1) is 0 Å². The quantitative estimate of drug-likeness (QED) is 0.266. The summed E-state index contributed by atoms with van der Waals surface area (Å²) in [5, 5.41) is 36.8. The topological polar surface area (TPSA) is 125 Å². The standard InChI is InChI=1S/C29H36FN3O5/c1-4-19-5-7-20(8-6-19)17-31-29(38)28-27(18(2)3)25(14-13-23(34)15-24(35)16-26(36)37)33(32-28)22-11-9-21(30)10-12-22/h5-12,18,23-24,34-35H,4,13-17H2,1-3H3,(H,31,38)(H,36,37)/t23-,24-/m1/s1. The van der Waals surface area contributed by atoms with Gasteiger partial charge in [0.1, 0.15) is 5.82 Å². The van der Waals surface area contributed by atoms with E-state index in [4.69, 9.17) is 5.11 Å². The molecule has 2 atom stereocenters. The average molecular weight is 526 g/mol. The van der Waals surface area contributed by atoms with Crippen LogP contribution >= 0.6 is 0 Å². The number of carbonyl (C=O) groups excluding carboxylic acids is 1. The summed E-state index contributed by atoms with van der Waals surface area (Å²) < 4.78 is 15.2. The fraction of sp³-hybridized carbons (Fsp3) is 0.414. The molecule has 4 N–H and O–H groups in total. The first kappa shape index (κ1) is 29.0. The molecule has 0 aliphatic carbocycles. The normalized spacial score (nSPS) is 12.9. The molecule has 1 heterocycles. The van der Waals surface area contributed by atoms with Crippen molar-refractivity contribution in [2.24, 2.45) is 0 Å². The number of nitrogens with zero attached hydrogens (tertiary/aromatic N) is 2. The molecular weight excluding hydrogens is 489 g/mol. The molecule has 9 heteroatoms. The van der Waals surface area contributed by atoms with E-state index in [1.807, 2.05) is 38.1 Å². The SMILES string of the molecule is CCc1ccc(CNC(=O)c2nn(-c3ccc(F)cc3)c(CC[C@@H](O)C[C@@H](O)CC(=O)O)c2C(C)C)cc1. The van der Waals surface area contributed by atoms with Crippen LogP contribution in [0.2, 0.25) is 0 Å². The maximum absolute atomic E-state index is 13.6. The maximum Gasteiger partial charge on any atom is 0.305 e. The summed E-state index contributed by atoms with van der Waals surface area (Å²) in [6.07, 6.45) is -1.20. The van der Waals surface area contributed by atoms with Crippen LogP contribution in [0, 0.1) is 5.82 Å². The summed E-state index contributed by atoms with van der Waals surface area (Å²) in [6, 6.07) is 13.8. The highest BCUT2D eigenvalue weighted by Crippen LogP contribution is 2.28. The molecule has 0 saturated heterocycles. The highest BCUT2D eigenvalue weighted by Gasteiger charge is 2.26. The number of hydrogen-bond acceptors (Lipinski definition) is 5. The lowest BCUT2D eigenvalue weighted by Gasteiger charge is -2.16. The highest BCUT2D eigenvalue weighted by molar-refractivity contribution is 5.94. The number of aliphatic carboxylic acids is 1. The number of halogens is 1. The fourth-order valence-electron chi connectivity index (χ4n) is 4.45. The van der Waals surface area contributed by atoms with Gasteiger partial charge in [0, 0.05) is 17.8 Å². The first-order chi connectivity index (χ1) is 18.1.